The Morgan fingerprint density at radius 2 is 2.19 bits per heavy atom. The van der Waals surface area contributed by atoms with E-state index in [9.17, 15) is 9.50 Å². The van der Waals surface area contributed by atoms with Gasteiger partial charge >= 0.3 is 0 Å². The van der Waals surface area contributed by atoms with Crippen LogP contribution in [0.5, 0.6) is 0 Å². The van der Waals surface area contributed by atoms with Crippen LogP contribution in [0, 0.1) is 23.6 Å². The van der Waals surface area contributed by atoms with E-state index in [0.29, 0.717) is 17.9 Å². The molecular weight excluding hydrogens is 269 g/mol. The highest BCUT2D eigenvalue weighted by atomic mass is 19.1. The van der Waals surface area contributed by atoms with Crippen LogP contribution < -0.4 is 0 Å². The first-order valence-corrected chi connectivity index (χ1v) is 7.44. The first-order valence-electron chi connectivity index (χ1n) is 7.44. The minimum atomic E-state index is -0.323. The largest absolute Gasteiger partial charge is 0.396 e. The first kappa shape index (κ1) is 16.0. The van der Waals surface area contributed by atoms with Crippen LogP contribution in [0.15, 0.2) is 18.2 Å². The van der Waals surface area contributed by atoms with Gasteiger partial charge in [-0.15, -0.1) is 0 Å². The molecule has 0 aliphatic carbocycles. The van der Waals surface area contributed by atoms with Gasteiger partial charge in [-0.25, -0.2) is 4.39 Å². The second-order valence-electron chi connectivity index (χ2n) is 5.52. The lowest BCUT2D eigenvalue weighted by atomic mass is 9.98. The minimum absolute atomic E-state index is 0.00929. The Bertz CT molecular complexity index is 521. The van der Waals surface area contributed by atoms with Gasteiger partial charge in [-0.2, -0.15) is 0 Å². The van der Waals surface area contributed by atoms with Crippen molar-refractivity contribution in [1.29, 1.82) is 0 Å². The maximum absolute atomic E-state index is 13.7. The summed E-state index contributed by atoms with van der Waals surface area (Å²) in [6.45, 7) is 2.88. The summed E-state index contributed by atoms with van der Waals surface area (Å²) in [5.41, 5.74) is 1.42. The molecule has 1 aromatic carbocycles. The van der Waals surface area contributed by atoms with Crippen molar-refractivity contribution in [2.75, 3.05) is 26.3 Å². The van der Waals surface area contributed by atoms with Gasteiger partial charge in [0.1, 0.15) is 5.82 Å². The van der Waals surface area contributed by atoms with Gasteiger partial charge in [0.05, 0.1) is 12.2 Å². The molecule has 2 rings (SSSR count). The Hall–Kier alpha value is -1.41. The summed E-state index contributed by atoms with van der Waals surface area (Å²) in [7, 11) is 0. The van der Waals surface area contributed by atoms with Gasteiger partial charge in [-0.1, -0.05) is 17.9 Å². The van der Waals surface area contributed by atoms with Crippen LogP contribution in [-0.4, -0.2) is 41.4 Å². The molecule has 1 aliphatic heterocycles. The molecule has 0 radical (unpaired) electrons. The molecule has 1 heterocycles. The van der Waals surface area contributed by atoms with Gasteiger partial charge in [0.2, 0.25) is 0 Å². The van der Waals surface area contributed by atoms with Gasteiger partial charge in [0.15, 0.2) is 0 Å². The number of hydrogen-bond donors (Lipinski definition) is 2. The SMILES string of the molecule is OCCC#Cc1cc(CN2CCCC(CO)C2)ccc1F. The van der Waals surface area contributed by atoms with Crippen LogP contribution in [0.2, 0.25) is 0 Å². The van der Waals surface area contributed by atoms with Crippen LogP contribution in [0.25, 0.3) is 0 Å². The van der Waals surface area contributed by atoms with Crippen molar-refractivity contribution >= 4 is 0 Å². The van der Waals surface area contributed by atoms with Gasteiger partial charge in [-0.05, 0) is 43.0 Å². The third-order valence-electron chi connectivity index (χ3n) is 3.76. The van der Waals surface area contributed by atoms with E-state index in [-0.39, 0.29) is 19.0 Å². The highest BCUT2D eigenvalue weighted by Gasteiger charge is 2.19. The van der Waals surface area contributed by atoms with Crippen LogP contribution in [-0.2, 0) is 6.54 Å². The highest BCUT2D eigenvalue weighted by Crippen LogP contribution is 2.19. The summed E-state index contributed by atoms with van der Waals surface area (Å²) in [6.07, 6.45) is 2.53. The van der Waals surface area contributed by atoms with E-state index in [4.69, 9.17) is 5.11 Å². The van der Waals surface area contributed by atoms with Crippen LogP contribution in [0.4, 0.5) is 4.39 Å². The Balaban J connectivity index is 2.03. The van der Waals surface area contributed by atoms with E-state index in [2.05, 4.69) is 16.7 Å². The fourth-order valence-corrected chi connectivity index (χ4v) is 2.68. The summed E-state index contributed by atoms with van der Waals surface area (Å²) < 4.78 is 13.7. The fraction of sp³-hybridized carbons (Fsp3) is 0.529. The molecule has 0 saturated carbocycles. The third kappa shape index (κ3) is 4.82. The van der Waals surface area contributed by atoms with Crippen molar-refractivity contribution in [3.05, 3.63) is 35.1 Å². The molecule has 1 aromatic rings. The number of hydrogen-bond acceptors (Lipinski definition) is 3. The number of aliphatic hydroxyl groups excluding tert-OH is 2. The monoisotopic (exact) mass is 291 g/mol. The van der Waals surface area contributed by atoms with E-state index < -0.39 is 0 Å². The molecule has 1 unspecified atom stereocenters. The van der Waals surface area contributed by atoms with Gasteiger partial charge in [0, 0.05) is 26.1 Å². The van der Waals surface area contributed by atoms with Crippen molar-refractivity contribution in [2.24, 2.45) is 5.92 Å². The van der Waals surface area contributed by atoms with Gasteiger partial charge in [0.25, 0.3) is 0 Å². The maximum Gasteiger partial charge on any atom is 0.138 e. The Morgan fingerprint density at radius 3 is 2.95 bits per heavy atom. The van der Waals surface area contributed by atoms with E-state index in [1.807, 2.05) is 0 Å². The number of likely N-dealkylation sites (tertiary alicyclic amines) is 1. The summed E-state index contributed by atoms with van der Waals surface area (Å²) in [4.78, 5) is 2.29. The summed E-state index contributed by atoms with van der Waals surface area (Å²) in [5.74, 6) is 5.55. The minimum Gasteiger partial charge on any atom is -0.396 e. The Morgan fingerprint density at radius 1 is 1.33 bits per heavy atom. The zero-order chi connectivity index (χ0) is 15.1. The molecule has 0 bridgehead atoms. The molecule has 0 aromatic heterocycles. The van der Waals surface area contributed by atoms with E-state index in [0.717, 1.165) is 38.0 Å². The smallest absolute Gasteiger partial charge is 0.138 e. The second kappa shape index (κ2) is 8.14. The lowest BCUT2D eigenvalue weighted by Gasteiger charge is -2.31. The first-order chi connectivity index (χ1) is 10.2. The van der Waals surface area contributed by atoms with E-state index in [1.165, 1.54) is 6.07 Å². The lowest BCUT2D eigenvalue weighted by Crippen LogP contribution is -2.36. The van der Waals surface area contributed by atoms with E-state index >= 15 is 0 Å². The molecule has 0 amide bonds. The van der Waals surface area contributed by atoms with Crippen molar-refractivity contribution in [2.45, 2.75) is 25.8 Å². The number of aliphatic hydroxyl groups is 2. The molecule has 3 nitrogen and oxygen atoms in total. The van der Waals surface area contributed by atoms with Crippen LogP contribution in [0.3, 0.4) is 0 Å². The molecule has 4 heteroatoms. The fourth-order valence-electron chi connectivity index (χ4n) is 2.68. The highest BCUT2D eigenvalue weighted by molar-refractivity contribution is 5.38. The van der Waals surface area contributed by atoms with Crippen molar-refractivity contribution < 1.29 is 14.6 Å². The van der Waals surface area contributed by atoms with Crippen molar-refractivity contribution in [1.82, 2.24) is 4.90 Å². The van der Waals surface area contributed by atoms with Gasteiger partial charge in [-0.3, -0.25) is 4.90 Å². The second-order valence-corrected chi connectivity index (χ2v) is 5.52. The zero-order valence-electron chi connectivity index (χ0n) is 12.2. The maximum atomic E-state index is 13.7. The molecule has 1 aliphatic rings. The molecule has 1 fully saturated rings. The molecule has 1 atom stereocenters. The number of nitrogens with zero attached hydrogens (tertiary/aromatic N) is 1. The average Bonchev–Trinajstić information content (AvgIpc) is 2.51. The third-order valence-corrected chi connectivity index (χ3v) is 3.76. The zero-order valence-corrected chi connectivity index (χ0v) is 12.2. The molecule has 2 N–H and O–H groups in total. The summed E-state index contributed by atoms with van der Waals surface area (Å²) in [5, 5.41) is 18.0. The lowest BCUT2D eigenvalue weighted by molar-refractivity contribution is 0.116. The van der Waals surface area contributed by atoms with Crippen molar-refractivity contribution in [3.63, 3.8) is 0 Å². The number of piperidine rings is 1. The molecule has 21 heavy (non-hydrogen) atoms. The predicted molar refractivity (Wildman–Crippen MR) is 80.1 cm³/mol. The molecule has 0 spiro atoms. The number of rotatable bonds is 4. The van der Waals surface area contributed by atoms with Crippen LogP contribution in [0.1, 0.15) is 30.4 Å². The normalized spacial score (nSPS) is 19.1. The Labute approximate surface area is 125 Å². The summed E-state index contributed by atoms with van der Waals surface area (Å²) in [6, 6.07) is 5.02. The van der Waals surface area contributed by atoms with Crippen LogP contribution >= 0.6 is 0 Å². The van der Waals surface area contributed by atoms with Gasteiger partial charge < -0.3 is 10.2 Å². The van der Waals surface area contributed by atoms with E-state index in [1.54, 1.807) is 12.1 Å². The summed E-state index contributed by atoms with van der Waals surface area (Å²) >= 11 is 0. The molecule has 114 valence electrons. The Kier molecular flexibility index (Phi) is 6.19. The molecule has 1 saturated heterocycles. The number of benzene rings is 1. The van der Waals surface area contributed by atoms with Crippen molar-refractivity contribution in [3.8, 4) is 11.8 Å². The standard InChI is InChI=1S/C17H22FNO2/c18-17-7-6-14(10-16(17)5-1-2-9-20)11-19-8-3-4-15(12-19)13-21/h6-7,10,15,20-21H,2-4,8-9,11-13H2. The average molecular weight is 291 g/mol. The molecular formula is C17H22FNO2. The topological polar surface area (TPSA) is 43.7 Å². The quantitative estimate of drug-likeness (QED) is 0.831. The number of halogens is 1. The predicted octanol–water partition coefficient (Wildman–Crippen LogP) is 1.76.